The second kappa shape index (κ2) is 2.47. The summed E-state index contributed by atoms with van der Waals surface area (Å²) in [5, 5.41) is 0. The first-order chi connectivity index (χ1) is 5.63. The lowest BCUT2D eigenvalue weighted by molar-refractivity contribution is -0.132. The molecule has 2 aliphatic rings. The second-order valence-corrected chi connectivity index (χ2v) is 3.77. The van der Waals surface area contributed by atoms with Crippen molar-refractivity contribution in [3.8, 4) is 0 Å². The Bertz CT molecular complexity index is 219. The summed E-state index contributed by atoms with van der Waals surface area (Å²) in [6.45, 7) is 6.48. The highest BCUT2D eigenvalue weighted by Gasteiger charge is 2.40. The van der Waals surface area contributed by atoms with Crippen molar-refractivity contribution >= 4 is 0 Å². The van der Waals surface area contributed by atoms with Crippen LogP contribution in [0, 0.1) is 0 Å². The van der Waals surface area contributed by atoms with Gasteiger partial charge in [-0.3, -0.25) is 0 Å². The summed E-state index contributed by atoms with van der Waals surface area (Å²) in [6.07, 6.45) is 1.91. The highest BCUT2D eigenvalue weighted by molar-refractivity contribution is 5.22. The highest BCUT2D eigenvalue weighted by Crippen LogP contribution is 2.35. The predicted molar refractivity (Wildman–Crippen MR) is 45.6 cm³/mol. The minimum atomic E-state index is -0.169. The summed E-state index contributed by atoms with van der Waals surface area (Å²) in [5.74, 6) is 0. The topological polar surface area (TPSA) is 21.5 Å². The zero-order chi connectivity index (χ0) is 8.77. The molecular weight excluding hydrogens is 154 g/mol. The Morgan fingerprint density at radius 3 is 2.67 bits per heavy atom. The molecule has 0 aromatic carbocycles. The van der Waals surface area contributed by atoms with Gasteiger partial charge in [-0.15, -0.1) is 0 Å². The number of methoxy groups -OCH3 is 1. The van der Waals surface area contributed by atoms with E-state index < -0.39 is 0 Å². The van der Waals surface area contributed by atoms with Crippen LogP contribution in [0.4, 0.5) is 0 Å². The van der Waals surface area contributed by atoms with Gasteiger partial charge in [0, 0.05) is 25.9 Å². The molecule has 2 rings (SSSR count). The summed E-state index contributed by atoms with van der Waals surface area (Å²) >= 11 is 0. The molecular formula is C9H15NO2. The van der Waals surface area contributed by atoms with Crippen LogP contribution in [0.1, 0.15) is 13.8 Å². The first-order valence-corrected chi connectivity index (χ1v) is 4.31. The molecule has 1 saturated heterocycles. The number of hydrogen-bond acceptors (Lipinski definition) is 3. The number of hydrogen-bond donors (Lipinski definition) is 0. The molecule has 3 heteroatoms. The fourth-order valence-electron chi connectivity index (χ4n) is 1.61. The molecule has 1 atom stereocenters. The lowest BCUT2D eigenvalue weighted by Crippen LogP contribution is -2.28. The minimum Gasteiger partial charge on any atom is -0.369 e. The van der Waals surface area contributed by atoms with E-state index in [1.807, 2.05) is 0 Å². The van der Waals surface area contributed by atoms with Gasteiger partial charge in [0.15, 0.2) is 6.29 Å². The molecule has 0 spiro atoms. The fraction of sp³-hybridized carbons (Fsp3) is 0.778. The number of ether oxygens (including phenoxy) is 2. The van der Waals surface area contributed by atoms with Crippen LogP contribution in [0.2, 0.25) is 0 Å². The van der Waals surface area contributed by atoms with Crippen LogP contribution in [0.15, 0.2) is 11.8 Å². The van der Waals surface area contributed by atoms with E-state index in [4.69, 9.17) is 9.47 Å². The van der Waals surface area contributed by atoms with Crippen molar-refractivity contribution in [2.75, 3.05) is 20.2 Å². The second-order valence-electron chi connectivity index (χ2n) is 3.77. The summed E-state index contributed by atoms with van der Waals surface area (Å²) in [7, 11) is 1.67. The predicted octanol–water partition coefficient (Wildman–Crippen LogP) is 0.967. The smallest absolute Gasteiger partial charge is 0.179 e. The van der Waals surface area contributed by atoms with E-state index in [0.29, 0.717) is 0 Å². The van der Waals surface area contributed by atoms with Gasteiger partial charge in [-0.1, -0.05) is 0 Å². The average Bonchev–Trinajstić information content (AvgIpc) is 2.76. The van der Waals surface area contributed by atoms with Crippen LogP contribution in [-0.2, 0) is 9.47 Å². The Labute approximate surface area is 72.9 Å². The summed E-state index contributed by atoms with van der Waals surface area (Å²) in [5.41, 5.74) is 1.10. The SMILES string of the molecule is COC1C=C(N2CC2)C(C)(C)O1. The minimum absolute atomic E-state index is 0.157. The van der Waals surface area contributed by atoms with Gasteiger partial charge in [0.05, 0.1) is 0 Å². The Morgan fingerprint density at radius 1 is 1.58 bits per heavy atom. The first-order valence-electron chi connectivity index (χ1n) is 4.31. The highest BCUT2D eigenvalue weighted by atomic mass is 16.7. The van der Waals surface area contributed by atoms with Crippen molar-refractivity contribution in [1.29, 1.82) is 0 Å². The molecule has 12 heavy (non-hydrogen) atoms. The Morgan fingerprint density at radius 2 is 2.25 bits per heavy atom. The Hall–Kier alpha value is -0.540. The maximum absolute atomic E-state index is 5.66. The van der Waals surface area contributed by atoms with Crippen LogP contribution in [0.25, 0.3) is 0 Å². The van der Waals surface area contributed by atoms with Crippen LogP contribution in [0.5, 0.6) is 0 Å². The molecule has 0 N–H and O–H groups in total. The van der Waals surface area contributed by atoms with E-state index in [2.05, 4.69) is 24.8 Å². The Kier molecular flexibility index (Phi) is 1.66. The van der Waals surface area contributed by atoms with Gasteiger partial charge in [0.2, 0.25) is 0 Å². The van der Waals surface area contributed by atoms with Gasteiger partial charge in [-0.05, 0) is 19.9 Å². The van der Waals surface area contributed by atoms with E-state index in [1.54, 1.807) is 7.11 Å². The number of nitrogens with zero attached hydrogens (tertiary/aromatic N) is 1. The van der Waals surface area contributed by atoms with Crippen molar-refractivity contribution in [3.05, 3.63) is 11.8 Å². The third-order valence-corrected chi connectivity index (χ3v) is 2.34. The van der Waals surface area contributed by atoms with E-state index in [-0.39, 0.29) is 11.9 Å². The largest absolute Gasteiger partial charge is 0.369 e. The van der Waals surface area contributed by atoms with Gasteiger partial charge in [-0.25, -0.2) is 0 Å². The maximum Gasteiger partial charge on any atom is 0.179 e. The average molecular weight is 169 g/mol. The molecule has 1 fully saturated rings. The van der Waals surface area contributed by atoms with Crippen molar-refractivity contribution < 1.29 is 9.47 Å². The normalized spacial score (nSPS) is 32.1. The summed E-state index contributed by atoms with van der Waals surface area (Å²) < 4.78 is 10.8. The van der Waals surface area contributed by atoms with Gasteiger partial charge >= 0.3 is 0 Å². The standard InChI is InChI=1S/C9H15NO2/c1-9(2)7(10-4-5-10)6-8(11-3)12-9/h6,8H,4-5H2,1-3H3. The molecule has 0 bridgehead atoms. The monoisotopic (exact) mass is 169 g/mol. The number of rotatable bonds is 2. The molecule has 0 radical (unpaired) electrons. The quantitative estimate of drug-likeness (QED) is 0.575. The van der Waals surface area contributed by atoms with Crippen molar-refractivity contribution in [3.63, 3.8) is 0 Å². The first kappa shape index (κ1) is 8.08. The van der Waals surface area contributed by atoms with E-state index in [1.165, 1.54) is 5.70 Å². The van der Waals surface area contributed by atoms with E-state index in [0.717, 1.165) is 13.1 Å². The molecule has 2 heterocycles. The third kappa shape index (κ3) is 1.23. The molecule has 0 aliphatic carbocycles. The molecule has 0 aromatic rings. The summed E-state index contributed by atoms with van der Waals surface area (Å²) in [4.78, 5) is 2.30. The molecule has 2 aliphatic heterocycles. The van der Waals surface area contributed by atoms with Crippen LogP contribution < -0.4 is 0 Å². The summed E-state index contributed by atoms with van der Waals surface area (Å²) in [6, 6.07) is 0. The van der Waals surface area contributed by atoms with Gasteiger partial charge in [-0.2, -0.15) is 0 Å². The lowest BCUT2D eigenvalue weighted by Gasteiger charge is -2.23. The molecule has 0 aromatic heterocycles. The van der Waals surface area contributed by atoms with Crippen LogP contribution in [0.3, 0.4) is 0 Å². The van der Waals surface area contributed by atoms with Gasteiger partial charge in [0.25, 0.3) is 0 Å². The maximum atomic E-state index is 5.66. The molecule has 68 valence electrons. The van der Waals surface area contributed by atoms with Gasteiger partial charge < -0.3 is 14.4 Å². The van der Waals surface area contributed by atoms with Crippen molar-refractivity contribution in [2.45, 2.75) is 25.7 Å². The third-order valence-electron chi connectivity index (χ3n) is 2.34. The van der Waals surface area contributed by atoms with Crippen LogP contribution in [-0.4, -0.2) is 37.0 Å². The molecule has 3 nitrogen and oxygen atoms in total. The fourth-order valence-corrected chi connectivity index (χ4v) is 1.61. The van der Waals surface area contributed by atoms with E-state index >= 15 is 0 Å². The molecule has 0 saturated carbocycles. The zero-order valence-electron chi connectivity index (χ0n) is 7.83. The zero-order valence-corrected chi connectivity index (χ0v) is 7.83. The van der Waals surface area contributed by atoms with Crippen molar-refractivity contribution in [1.82, 2.24) is 4.90 Å². The van der Waals surface area contributed by atoms with Crippen LogP contribution >= 0.6 is 0 Å². The van der Waals surface area contributed by atoms with E-state index in [9.17, 15) is 0 Å². The Balaban J connectivity index is 2.15. The molecule has 0 amide bonds. The molecule has 1 unspecified atom stereocenters. The lowest BCUT2D eigenvalue weighted by atomic mass is 10.1. The van der Waals surface area contributed by atoms with Crippen molar-refractivity contribution in [2.24, 2.45) is 0 Å². The van der Waals surface area contributed by atoms with Gasteiger partial charge in [0.1, 0.15) is 5.60 Å².